The van der Waals surface area contributed by atoms with E-state index in [9.17, 15) is 4.79 Å². The molecule has 6 nitrogen and oxygen atoms in total. The normalized spacial score (nSPS) is 15.3. The molecular weight excluding hydrogens is 322 g/mol. The lowest BCUT2D eigenvalue weighted by Gasteiger charge is -2.20. The van der Waals surface area contributed by atoms with Gasteiger partial charge >= 0.3 is 6.03 Å². The summed E-state index contributed by atoms with van der Waals surface area (Å²) in [5.74, 6) is 0.847. The molecule has 2 amide bonds. The molecule has 1 fully saturated rings. The van der Waals surface area contributed by atoms with Crippen molar-refractivity contribution in [1.29, 1.82) is 0 Å². The number of aryl methyl sites for hydroxylation is 1. The molecule has 0 aliphatic carbocycles. The van der Waals surface area contributed by atoms with Crippen LogP contribution in [0.2, 0.25) is 0 Å². The van der Waals surface area contributed by atoms with Gasteiger partial charge in [-0.25, -0.2) is 14.8 Å². The van der Waals surface area contributed by atoms with Crippen molar-refractivity contribution in [2.24, 2.45) is 0 Å². The molecule has 1 atom stereocenters. The fourth-order valence-electron chi connectivity index (χ4n) is 2.79. The Labute approximate surface area is 146 Å². The van der Waals surface area contributed by atoms with Gasteiger partial charge < -0.3 is 15.5 Å². The van der Waals surface area contributed by atoms with Crippen LogP contribution >= 0.6 is 11.3 Å². The Morgan fingerprint density at radius 3 is 2.92 bits per heavy atom. The summed E-state index contributed by atoms with van der Waals surface area (Å²) in [7, 11) is 0. The van der Waals surface area contributed by atoms with Gasteiger partial charge in [0.05, 0.1) is 22.4 Å². The SMILES string of the molecule is CCc1nc([C@H](C)NC(=O)Nc2cccnc2N2CCCC2)cs1. The topological polar surface area (TPSA) is 70.1 Å². The molecule has 2 aromatic rings. The number of thiazole rings is 1. The van der Waals surface area contributed by atoms with E-state index in [-0.39, 0.29) is 12.1 Å². The van der Waals surface area contributed by atoms with Crippen molar-refractivity contribution in [1.82, 2.24) is 15.3 Å². The van der Waals surface area contributed by atoms with E-state index in [1.807, 2.05) is 24.4 Å². The largest absolute Gasteiger partial charge is 0.355 e. The minimum Gasteiger partial charge on any atom is -0.355 e. The van der Waals surface area contributed by atoms with E-state index < -0.39 is 0 Å². The molecule has 1 saturated heterocycles. The smallest absolute Gasteiger partial charge is 0.319 e. The van der Waals surface area contributed by atoms with Gasteiger partial charge in [0.25, 0.3) is 0 Å². The van der Waals surface area contributed by atoms with Crippen LogP contribution in [0.4, 0.5) is 16.3 Å². The van der Waals surface area contributed by atoms with Gasteiger partial charge in [0.1, 0.15) is 0 Å². The molecule has 1 aliphatic rings. The highest BCUT2D eigenvalue weighted by atomic mass is 32.1. The van der Waals surface area contributed by atoms with Crippen LogP contribution in [0.5, 0.6) is 0 Å². The van der Waals surface area contributed by atoms with Crippen LogP contribution in [-0.4, -0.2) is 29.1 Å². The van der Waals surface area contributed by atoms with Crippen LogP contribution in [-0.2, 0) is 6.42 Å². The van der Waals surface area contributed by atoms with Gasteiger partial charge in [-0.15, -0.1) is 11.3 Å². The number of carbonyl (C=O) groups excluding carboxylic acids is 1. The lowest BCUT2D eigenvalue weighted by Crippen LogP contribution is -2.32. The second-order valence-corrected chi connectivity index (χ2v) is 6.85. The van der Waals surface area contributed by atoms with Crippen LogP contribution in [0.25, 0.3) is 0 Å². The van der Waals surface area contributed by atoms with Crippen LogP contribution in [0.15, 0.2) is 23.7 Å². The highest BCUT2D eigenvalue weighted by Crippen LogP contribution is 2.26. The van der Waals surface area contributed by atoms with Crippen LogP contribution in [0.3, 0.4) is 0 Å². The van der Waals surface area contributed by atoms with Crippen molar-refractivity contribution >= 4 is 28.9 Å². The Morgan fingerprint density at radius 1 is 1.42 bits per heavy atom. The van der Waals surface area contributed by atoms with E-state index >= 15 is 0 Å². The number of nitrogens with one attached hydrogen (secondary N) is 2. The van der Waals surface area contributed by atoms with E-state index in [0.29, 0.717) is 0 Å². The third-order valence-electron chi connectivity index (χ3n) is 4.10. The predicted octanol–water partition coefficient (Wildman–Crippen LogP) is 3.58. The molecule has 0 unspecified atom stereocenters. The zero-order valence-corrected chi connectivity index (χ0v) is 14.9. The molecule has 3 rings (SSSR count). The maximum absolute atomic E-state index is 12.3. The third-order valence-corrected chi connectivity index (χ3v) is 5.12. The van der Waals surface area contributed by atoms with Crippen molar-refractivity contribution in [3.8, 4) is 0 Å². The van der Waals surface area contributed by atoms with E-state index in [1.165, 1.54) is 12.8 Å². The molecule has 1 aliphatic heterocycles. The first-order chi connectivity index (χ1) is 11.7. The molecule has 24 heavy (non-hydrogen) atoms. The van der Waals surface area contributed by atoms with Gasteiger partial charge in [0.2, 0.25) is 0 Å². The van der Waals surface area contributed by atoms with Gasteiger partial charge in [-0.2, -0.15) is 0 Å². The summed E-state index contributed by atoms with van der Waals surface area (Å²) >= 11 is 1.63. The molecule has 0 bridgehead atoms. The summed E-state index contributed by atoms with van der Waals surface area (Å²) in [6.45, 7) is 6.00. The number of aromatic nitrogens is 2. The van der Waals surface area contributed by atoms with Gasteiger partial charge in [-0.05, 0) is 38.3 Å². The second kappa shape index (κ2) is 7.61. The molecule has 3 heterocycles. The minimum absolute atomic E-state index is 0.131. The number of amides is 2. The minimum atomic E-state index is -0.234. The molecule has 0 saturated carbocycles. The average Bonchev–Trinajstić information content (AvgIpc) is 3.27. The van der Waals surface area contributed by atoms with E-state index in [1.54, 1.807) is 17.5 Å². The number of hydrogen-bond acceptors (Lipinski definition) is 5. The Morgan fingerprint density at radius 2 is 2.21 bits per heavy atom. The van der Waals surface area contributed by atoms with Gasteiger partial charge in [0, 0.05) is 24.7 Å². The highest BCUT2D eigenvalue weighted by Gasteiger charge is 2.19. The maximum atomic E-state index is 12.3. The molecule has 2 aromatic heterocycles. The number of rotatable bonds is 5. The van der Waals surface area contributed by atoms with Crippen LogP contribution in [0, 0.1) is 0 Å². The number of anilines is 2. The highest BCUT2D eigenvalue weighted by molar-refractivity contribution is 7.09. The summed E-state index contributed by atoms with van der Waals surface area (Å²) in [5, 5.41) is 8.97. The lowest BCUT2D eigenvalue weighted by molar-refractivity contribution is 0.249. The van der Waals surface area contributed by atoms with Crippen molar-refractivity contribution in [2.45, 2.75) is 39.2 Å². The average molecular weight is 345 g/mol. The van der Waals surface area contributed by atoms with E-state index in [4.69, 9.17) is 0 Å². The van der Waals surface area contributed by atoms with Gasteiger partial charge in [0.15, 0.2) is 5.82 Å². The first-order valence-electron chi connectivity index (χ1n) is 8.39. The van der Waals surface area contributed by atoms with Crippen molar-refractivity contribution in [3.63, 3.8) is 0 Å². The number of nitrogens with zero attached hydrogens (tertiary/aromatic N) is 3. The van der Waals surface area contributed by atoms with E-state index in [0.717, 1.165) is 41.7 Å². The maximum Gasteiger partial charge on any atom is 0.319 e. The summed E-state index contributed by atoms with van der Waals surface area (Å²) in [5.41, 5.74) is 1.65. The molecule has 128 valence electrons. The molecule has 0 aromatic carbocycles. The number of hydrogen-bond donors (Lipinski definition) is 2. The third kappa shape index (κ3) is 3.84. The predicted molar refractivity (Wildman–Crippen MR) is 97.7 cm³/mol. The standard InChI is InChI=1S/C17H23N5OS/c1-3-15-20-14(11-24-15)12(2)19-17(23)21-13-7-6-8-18-16(13)22-9-4-5-10-22/h6-8,11-12H,3-5,9-10H2,1-2H3,(H2,19,21,23)/t12-/m0/s1. The van der Waals surface area contributed by atoms with Crippen molar-refractivity contribution in [3.05, 3.63) is 34.4 Å². The molecule has 2 N–H and O–H groups in total. The fraction of sp³-hybridized carbons (Fsp3) is 0.471. The Balaban J connectivity index is 1.64. The first kappa shape index (κ1) is 16.7. The zero-order valence-electron chi connectivity index (χ0n) is 14.1. The molecule has 0 spiro atoms. The zero-order chi connectivity index (χ0) is 16.9. The fourth-order valence-corrected chi connectivity index (χ4v) is 3.63. The van der Waals surface area contributed by atoms with Crippen LogP contribution in [0.1, 0.15) is 43.4 Å². The van der Waals surface area contributed by atoms with Crippen molar-refractivity contribution < 1.29 is 4.79 Å². The number of urea groups is 1. The first-order valence-corrected chi connectivity index (χ1v) is 9.27. The number of carbonyl (C=O) groups is 1. The summed E-state index contributed by atoms with van der Waals surface area (Å²) in [6.07, 6.45) is 5.02. The van der Waals surface area contributed by atoms with Crippen molar-refractivity contribution in [2.75, 3.05) is 23.3 Å². The molecule has 7 heteroatoms. The van der Waals surface area contributed by atoms with Crippen LogP contribution < -0.4 is 15.5 Å². The van der Waals surface area contributed by atoms with Gasteiger partial charge in [-0.3, -0.25) is 0 Å². The molecular formula is C17H23N5OS. The monoisotopic (exact) mass is 345 g/mol. The summed E-state index contributed by atoms with van der Waals surface area (Å²) in [6, 6.07) is 3.37. The Bertz CT molecular complexity index is 696. The lowest BCUT2D eigenvalue weighted by atomic mass is 10.2. The Kier molecular flexibility index (Phi) is 5.30. The number of pyridine rings is 1. The summed E-state index contributed by atoms with van der Waals surface area (Å²) in [4.78, 5) is 23.5. The Hall–Kier alpha value is -2.15. The van der Waals surface area contributed by atoms with Gasteiger partial charge in [-0.1, -0.05) is 6.92 Å². The summed E-state index contributed by atoms with van der Waals surface area (Å²) < 4.78 is 0. The second-order valence-electron chi connectivity index (χ2n) is 5.91. The molecule has 0 radical (unpaired) electrons. The van der Waals surface area contributed by atoms with E-state index in [2.05, 4.69) is 32.4 Å². The quantitative estimate of drug-likeness (QED) is 0.869.